The molecule has 2 aromatic rings. The second-order valence-corrected chi connectivity index (χ2v) is 7.54. The van der Waals surface area contributed by atoms with Crippen LogP contribution in [0.4, 0.5) is 0 Å². The zero-order valence-corrected chi connectivity index (χ0v) is 13.2. The van der Waals surface area contributed by atoms with E-state index in [9.17, 15) is 8.42 Å². The van der Waals surface area contributed by atoms with Gasteiger partial charge in [-0.2, -0.15) is 0 Å². The van der Waals surface area contributed by atoms with Crippen LogP contribution in [0.15, 0.2) is 41.6 Å². The van der Waals surface area contributed by atoms with E-state index in [2.05, 4.69) is 9.71 Å². The SMILES string of the molecule is NCC1CCCCC1NS(=O)(=O)c1cccc2cnccc12. The van der Waals surface area contributed by atoms with Gasteiger partial charge in [0.05, 0.1) is 4.90 Å². The standard InChI is InChI=1S/C16H21N3O2S/c17-10-12-4-1-2-6-15(12)19-22(20,21)16-7-3-5-13-11-18-9-8-14(13)16/h3,5,7-9,11-12,15,19H,1-2,4,6,10,17H2. The summed E-state index contributed by atoms with van der Waals surface area (Å²) in [4.78, 5) is 4.36. The molecule has 0 radical (unpaired) electrons. The number of hydrogen-bond acceptors (Lipinski definition) is 4. The molecule has 1 aromatic carbocycles. The van der Waals surface area contributed by atoms with Crippen LogP contribution in [0, 0.1) is 5.92 Å². The van der Waals surface area contributed by atoms with Crippen LogP contribution in [0.3, 0.4) is 0 Å². The maximum atomic E-state index is 12.8. The van der Waals surface area contributed by atoms with Crippen LogP contribution in [0.5, 0.6) is 0 Å². The van der Waals surface area contributed by atoms with Crippen LogP contribution in [-0.2, 0) is 10.0 Å². The third kappa shape index (κ3) is 2.99. The molecule has 1 heterocycles. The fraction of sp³-hybridized carbons (Fsp3) is 0.438. The van der Waals surface area contributed by atoms with Gasteiger partial charge in [0.2, 0.25) is 10.0 Å². The minimum absolute atomic E-state index is 0.0687. The number of rotatable bonds is 4. The molecule has 1 aliphatic carbocycles. The van der Waals surface area contributed by atoms with E-state index in [0.717, 1.165) is 31.1 Å². The van der Waals surface area contributed by atoms with Crippen LogP contribution in [0.1, 0.15) is 25.7 Å². The molecule has 5 nitrogen and oxygen atoms in total. The molecule has 0 saturated heterocycles. The quantitative estimate of drug-likeness (QED) is 0.903. The van der Waals surface area contributed by atoms with Gasteiger partial charge < -0.3 is 5.73 Å². The number of hydrogen-bond donors (Lipinski definition) is 2. The van der Waals surface area contributed by atoms with E-state index in [1.165, 1.54) is 0 Å². The fourth-order valence-electron chi connectivity index (χ4n) is 3.23. The van der Waals surface area contributed by atoms with Crippen molar-refractivity contribution in [2.24, 2.45) is 11.7 Å². The van der Waals surface area contributed by atoms with Gasteiger partial charge in [0.15, 0.2) is 0 Å². The number of nitrogens with zero attached hydrogens (tertiary/aromatic N) is 1. The number of fused-ring (bicyclic) bond motifs is 1. The Morgan fingerprint density at radius 3 is 2.86 bits per heavy atom. The number of nitrogens with one attached hydrogen (secondary N) is 1. The summed E-state index contributed by atoms with van der Waals surface area (Å²) in [7, 11) is -3.56. The number of pyridine rings is 1. The average Bonchev–Trinajstić information content (AvgIpc) is 2.54. The Labute approximate surface area is 131 Å². The first-order valence-electron chi connectivity index (χ1n) is 7.67. The summed E-state index contributed by atoms with van der Waals surface area (Å²) in [6, 6.07) is 6.93. The number of benzene rings is 1. The molecule has 2 atom stereocenters. The second-order valence-electron chi connectivity index (χ2n) is 5.86. The van der Waals surface area contributed by atoms with Crippen molar-refractivity contribution in [1.82, 2.24) is 9.71 Å². The third-order valence-corrected chi connectivity index (χ3v) is 6.00. The van der Waals surface area contributed by atoms with Crippen LogP contribution in [-0.4, -0.2) is 26.0 Å². The minimum atomic E-state index is -3.56. The smallest absolute Gasteiger partial charge is 0.241 e. The monoisotopic (exact) mass is 319 g/mol. The molecule has 1 aliphatic rings. The first kappa shape index (κ1) is 15.4. The summed E-state index contributed by atoms with van der Waals surface area (Å²) in [6.07, 6.45) is 7.31. The van der Waals surface area contributed by atoms with Crippen molar-refractivity contribution in [2.75, 3.05) is 6.54 Å². The summed E-state index contributed by atoms with van der Waals surface area (Å²) in [5, 5.41) is 1.52. The number of aromatic nitrogens is 1. The molecule has 1 aromatic heterocycles. The molecule has 118 valence electrons. The largest absolute Gasteiger partial charge is 0.330 e. The first-order valence-corrected chi connectivity index (χ1v) is 9.15. The van der Waals surface area contributed by atoms with Gasteiger partial charge in [-0.1, -0.05) is 25.0 Å². The van der Waals surface area contributed by atoms with E-state index in [-0.39, 0.29) is 12.0 Å². The van der Waals surface area contributed by atoms with Crippen LogP contribution >= 0.6 is 0 Å². The van der Waals surface area contributed by atoms with E-state index in [4.69, 9.17) is 5.73 Å². The summed E-state index contributed by atoms with van der Waals surface area (Å²) in [6.45, 7) is 0.520. The molecular formula is C16H21N3O2S. The lowest BCUT2D eigenvalue weighted by Gasteiger charge is -2.31. The molecule has 6 heteroatoms. The molecule has 0 amide bonds. The lowest BCUT2D eigenvalue weighted by molar-refractivity contribution is 0.296. The molecule has 1 fully saturated rings. The zero-order chi connectivity index (χ0) is 15.6. The summed E-state index contributed by atoms with van der Waals surface area (Å²) >= 11 is 0. The van der Waals surface area contributed by atoms with E-state index in [1.54, 1.807) is 30.6 Å². The lowest BCUT2D eigenvalue weighted by Crippen LogP contribution is -2.44. The summed E-state index contributed by atoms with van der Waals surface area (Å²) in [5.74, 6) is 0.222. The predicted octanol–water partition coefficient (Wildman–Crippen LogP) is 2.03. The Hall–Kier alpha value is -1.50. The van der Waals surface area contributed by atoms with Crippen molar-refractivity contribution in [3.05, 3.63) is 36.7 Å². The average molecular weight is 319 g/mol. The van der Waals surface area contributed by atoms with E-state index < -0.39 is 10.0 Å². The van der Waals surface area contributed by atoms with Crippen LogP contribution < -0.4 is 10.5 Å². The Bertz CT molecular complexity index is 756. The first-order chi connectivity index (χ1) is 10.6. The Balaban J connectivity index is 1.95. The highest BCUT2D eigenvalue weighted by molar-refractivity contribution is 7.89. The van der Waals surface area contributed by atoms with Gasteiger partial charge in [-0.3, -0.25) is 4.98 Å². The molecule has 0 spiro atoms. The molecule has 1 saturated carbocycles. The Morgan fingerprint density at radius 1 is 1.23 bits per heavy atom. The van der Waals surface area contributed by atoms with Gasteiger partial charge in [-0.15, -0.1) is 0 Å². The summed E-state index contributed by atoms with van der Waals surface area (Å²) in [5.41, 5.74) is 5.80. The zero-order valence-electron chi connectivity index (χ0n) is 12.4. The van der Waals surface area contributed by atoms with Crippen LogP contribution in [0.25, 0.3) is 10.8 Å². The fourth-order valence-corrected chi connectivity index (χ4v) is 4.80. The third-order valence-electron chi connectivity index (χ3n) is 4.45. The van der Waals surface area contributed by atoms with E-state index in [1.807, 2.05) is 6.07 Å². The van der Waals surface area contributed by atoms with Gasteiger partial charge in [0.1, 0.15) is 0 Å². The second kappa shape index (κ2) is 6.32. The molecule has 3 rings (SSSR count). The Morgan fingerprint density at radius 2 is 2.05 bits per heavy atom. The van der Waals surface area contributed by atoms with Crippen molar-refractivity contribution in [3.8, 4) is 0 Å². The van der Waals surface area contributed by atoms with Crippen molar-refractivity contribution in [2.45, 2.75) is 36.6 Å². The molecule has 22 heavy (non-hydrogen) atoms. The molecule has 3 N–H and O–H groups in total. The van der Waals surface area contributed by atoms with Gasteiger partial charge in [0.25, 0.3) is 0 Å². The highest BCUT2D eigenvalue weighted by Gasteiger charge is 2.29. The lowest BCUT2D eigenvalue weighted by atomic mass is 9.85. The van der Waals surface area contributed by atoms with Crippen molar-refractivity contribution in [1.29, 1.82) is 0 Å². The summed E-state index contributed by atoms with van der Waals surface area (Å²) < 4.78 is 28.5. The minimum Gasteiger partial charge on any atom is -0.330 e. The molecule has 0 aliphatic heterocycles. The van der Waals surface area contributed by atoms with Gasteiger partial charge in [-0.25, -0.2) is 13.1 Å². The number of sulfonamides is 1. The van der Waals surface area contributed by atoms with E-state index in [0.29, 0.717) is 16.8 Å². The Kier molecular flexibility index (Phi) is 4.42. The maximum absolute atomic E-state index is 12.8. The van der Waals surface area contributed by atoms with Gasteiger partial charge >= 0.3 is 0 Å². The maximum Gasteiger partial charge on any atom is 0.241 e. The van der Waals surface area contributed by atoms with Gasteiger partial charge in [-0.05, 0) is 37.4 Å². The van der Waals surface area contributed by atoms with Crippen molar-refractivity contribution >= 4 is 20.8 Å². The number of nitrogens with two attached hydrogens (primary N) is 1. The van der Waals surface area contributed by atoms with Crippen molar-refractivity contribution in [3.63, 3.8) is 0 Å². The van der Waals surface area contributed by atoms with Gasteiger partial charge in [0, 0.05) is 29.2 Å². The van der Waals surface area contributed by atoms with Crippen LogP contribution in [0.2, 0.25) is 0 Å². The molecular weight excluding hydrogens is 298 g/mol. The highest BCUT2D eigenvalue weighted by atomic mass is 32.2. The van der Waals surface area contributed by atoms with E-state index >= 15 is 0 Å². The highest BCUT2D eigenvalue weighted by Crippen LogP contribution is 2.27. The topological polar surface area (TPSA) is 85.1 Å². The molecule has 2 unspecified atom stereocenters. The predicted molar refractivity (Wildman–Crippen MR) is 86.9 cm³/mol. The van der Waals surface area contributed by atoms with Crippen molar-refractivity contribution < 1.29 is 8.42 Å². The normalized spacial score (nSPS) is 22.8. The molecule has 0 bridgehead atoms.